The molecule has 0 aliphatic rings. The molecule has 2 N–H and O–H groups in total. The second-order valence-corrected chi connectivity index (χ2v) is 4.75. The molecule has 18 heavy (non-hydrogen) atoms. The minimum Gasteiger partial charge on any atom is -0.394 e. The molecule has 1 aromatic rings. The molecule has 0 unspecified atom stereocenters. The zero-order chi connectivity index (χ0) is 13.5. The molecule has 1 amide bonds. The topological polar surface area (TPSA) is 49.3 Å². The maximum absolute atomic E-state index is 12.0. The van der Waals surface area contributed by atoms with Gasteiger partial charge < -0.3 is 10.4 Å². The van der Waals surface area contributed by atoms with Crippen molar-refractivity contribution in [2.24, 2.45) is 5.92 Å². The molecule has 0 radical (unpaired) electrons. The van der Waals surface area contributed by atoms with Crippen LogP contribution < -0.4 is 5.32 Å². The molecule has 1 atom stereocenters. The summed E-state index contributed by atoms with van der Waals surface area (Å²) in [4.78, 5) is 12.0. The van der Waals surface area contributed by atoms with Crippen molar-refractivity contribution in [2.75, 3.05) is 6.61 Å². The number of nitrogens with one attached hydrogen (secondary N) is 1. The van der Waals surface area contributed by atoms with E-state index in [1.54, 1.807) is 12.1 Å². The second-order valence-electron chi connectivity index (χ2n) is 4.31. The Morgan fingerprint density at radius 2 is 2.06 bits per heavy atom. The summed E-state index contributed by atoms with van der Waals surface area (Å²) in [5, 5.41) is 12.9. The van der Waals surface area contributed by atoms with Crippen LogP contribution in [0.4, 0.5) is 0 Å². The van der Waals surface area contributed by atoms with E-state index in [0.29, 0.717) is 5.02 Å². The summed E-state index contributed by atoms with van der Waals surface area (Å²) in [6, 6.07) is 6.79. The van der Waals surface area contributed by atoms with Crippen molar-refractivity contribution >= 4 is 17.5 Å². The van der Waals surface area contributed by atoms with Gasteiger partial charge in [0.15, 0.2) is 0 Å². The maximum atomic E-state index is 12.0. The summed E-state index contributed by atoms with van der Waals surface area (Å²) >= 11 is 5.91. The number of aliphatic hydroxyl groups is 1. The minimum atomic E-state index is -0.392. The van der Waals surface area contributed by atoms with E-state index in [0.717, 1.165) is 18.4 Å². The number of hydrogen-bond acceptors (Lipinski definition) is 2. The van der Waals surface area contributed by atoms with Crippen LogP contribution in [0.3, 0.4) is 0 Å². The Hall–Kier alpha value is -1.06. The van der Waals surface area contributed by atoms with E-state index in [4.69, 9.17) is 11.6 Å². The third-order valence-corrected chi connectivity index (χ3v) is 3.34. The molecular formula is C14H20ClNO2. The Kier molecular flexibility index (Phi) is 6.16. The van der Waals surface area contributed by atoms with Crippen LogP contribution in [-0.2, 0) is 4.79 Å². The van der Waals surface area contributed by atoms with Crippen molar-refractivity contribution in [3.8, 4) is 0 Å². The molecule has 0 aliphatic heterocycles. The van der Waals surface area contributed by atoms with Crippen LogP contribution in [0.2, 0.25) is 5.02 Å². The van der Waals surface area contributed by atoms with Gasteiger partial charge in [-0.05, 0) is 30.5 Å². The number of carbonyl (C=O) groups is 1. The van der Waals surface area contributed by atoms with E-state index in [1.165, 1.54) is 0 Å². The van der Waals surface area contributed by atoms with E-state index >= 15 is 0 Å². The van der Waals surface area contributed by atoms with Crippen molar-refractivity contribution in [3.63, 3.8) is 0 Å². The van der Waals surface area contributed by atoms with E-state index < -0.39 is 6.04 Å². The van der Waals surface area contributed by atoms with Gasteiger partial charge in [0.05, 0.1) is 12.6 Å². The first kappa shape index (κ1) is 15.0. The highest BCUT2D eigenvalue weighted by Crippen LogP contribution is 2.18. The van der Waals surface area contributed by atoms with Gasteiger partial charge in [-0.1, -0.05) is 37.6 Å². The van der Waals surface area contributed by atoms with Crippen LogP contribution in [-0.4, -0.2) is 17.6 Å². The van der Waals surface area contributed by atoms with Gasteiger partial charge >= 0.3 is 0 Å². The molecule has 0 heterocycles. The van der Waals surface area contributed by atoms with Crippen molar-refractivity contribution in [1.29, 1.82) is 0 Å². The van der Waals surface area contributed by atoms with Crippen molar-refractivity contribution in [3.05, 3.63) is 34.9 Å². The van der Waals surface area contributed by atoms with E-state index in [2.05, 4.69) is 5.32 Å². The highest BCUT2D eigenvalue weighted by Gasteiger charge is 2.19. The highest BCUT2D eigenvalue weighted by molar-refractivity contribution is 6.30. The maximum Gasteiger partial charge on any atom is 0.223 e. The van der Waals surface area contributed by atoms with Gasteiger partial charge in [-0.15, -0.1) is 0 Å². The van der Waals surface area contributed by atoms with E-state index in [1.807, 2.05) is 26.0 Å². The Balaban J connectivity index is 2.76. The predicted octanol–water partition coefficient (Wildman–Crippen LogP) is 2.93. The number of aliphatic hydroxyl groups excluding tert-OH is 1. The van der Waals surface area contributed by atoms with Gasteiger partial charge in [-0.3, -0.25) is 4.79 Å². The molecule has 0 aromatic heterocycles. The first-order chi connectivity index (χ1) is 8.62. The standard InChI is InChI=1S/C14H20ClNO2/c1-3-10(4-2)14(18)16-13(9-17)11-6-5-7-12(15)8-11/h5-8,10,13,17H,3-4,9H2,1-2H3,(H,16,18)/t13-/m1/s1. The molecule has 0 fully saturated rings. The quantitative estimate of drug-likeness (QED) is 0.834. The Morgan fingerprint density at radius 3 is 2.56 bits per heavy atom. The summed E-state index contributed by atoms with van der Waals surface area (Å²) in [6.45, 7) is 3.84. The smallest absolute Gasteiger partial charge is 0.223 e. The average Bonchev–Trinajstić information content (AvgIpc) is 2.37. The fourth-order valence-corrected chi connectivity index (χ4v) is 2.11. The van der Waals surface area contributed by atoms with E-state index in [-0.39, 0.29) is 18.4 Å². The zero-order valence-corrected chi connectivity index (χ0v) is 11.6. The first-order valence-electron chi connectivity index (χ1n) is 6.29. The van der Waals surface area contributed by atoms with Crippen LogP contribution in [0.25, 0.3) is 0 Å². The summed E-state index contributed by atoms with van der Waals surface area (Å²) in [5.41, 5.74) is 0.823. The van der Waals surface area contributed by atoms with Gasteiger partial charge in [-0.25, -0.2) is 0 Å². The zero-order valence-electron chi connectivity index (χ0n) is 10.8. The molecule has 4 heteroatoms. The summed E-state index contributed by atoms with van der Waals surface area (Å²) in [7, 11) is 0. The van der Waals surface area contributed by atoms with E-state index in [9.17, 15) is 9.90 Å². The number of rotatable bonds is 6. The lowest BCUT2D eigenvalue weighted by atomic mass is 10.0. The summed E-state index contributed by atoms with van der Waals surface area (Å²) < 4.78 is 0. The molecule has 100 valence electrons. The number of halogens is 1. The molecule has 0 spiro atoms. The Bertz CT molecular complexity index is 391. The molecule has 1 rings (SSSR count). The van der Waals surface area contributed by atoms with Crippen molar-refractivity contribution in [1.82, 2.24) is 5.32 Å². The van der Waals surface area contributed by atoms with Crippen molar-refractivity contribution < 1.29 is 9.90 Å². The molecule has 0 saturated heterocycles. The van der Waals surface area contributed by atoms with Gasteiger partial charge in [0.25, 0.3) is 0 Å². The molecular weight excluding hydrogens is 250 g/mol. The molecule has 1 aromatic carbocycles. The monoisotopic (exact) mass is 269 g/mol. The minimum absolute atomic E-state index is 0.00164. The van der Waals surface area contributed by atoms with Gasteiger partial charge in [0.1, 0.15) is 0 Å². The second kappa shape index (κ2) is 7.39. The fraction of sp³-hybridized carbons (Fsp3) is 0.500. The molecule has 0 bridgehead atoms. The van der Waals surface area contributed by atoms with Crippen LogP contribution in [0.5, 0.6) is 0 Å². The van der Waals surface area contributed by atoms with Crippen LogP contribution >= 0.6 is 11.6 Å². The normalized spacial score (nSPS) is 12.5. The van der Waals surface area contributed by atoms with Gasteiger partial charge in [-0.2, -0.15) is 0 Å². The lowest BCUT2D eigenvalue weighted by molar-refractivity contribution is -0.126. The van der Waals surface area contributed by atoms with Crippen LogP contribution in [0, 0.1) is 5.92 Å². The number of hydrogen-bond donors (Lipinski definition) is 2. The Morgan fingerprint density at radius 1 is 1.39 bits per heavy atom. The lowest BCUT2D eigenvalue weighted by Crippen LogP contribution is -2.35. The number of amides is 1. The van der Waals surface area contributed by atoms with Gasteiger partial charge in [0.2, 0.25) is 5.91 Å². The highest BCUT2D eigenvalue weighted by atomic mass is 35.5. The first-order valence-corrected chi connectivity index (χ1v) is 6.66. The number of carbonyl (C=O) groups excluding carboxylic acids is 1. The fourth-order valence-electron chi connectivity index (χ4n) is 1.91. The largest absolute Gasteiger partial charge is 0.394 e. The third kappa shape index (κ3) is 4.00. The van der Waals surface area contributed by atoms with Crippen LogP contribution in [0.15, 0.2) is 24.3 Å². The Labute approximate surface area is 113 Å². The molecule has 0 aliphatic carbocycles. The van der Waals surface area contributed by atoms with Crippen molar-refractivity contribution in [2.45, 2.75) is 32.7 Å². The SMILES string of the molecule is CCC(CC)C(=O)N[C@H](CO)c1cccc(Cl)c1. The van der Waals surface area contributed by atoms with Crippen LogP contribution in [0.1, 0.15) is 38.3 Å². The van der Waals surface area contributed by atoms with Gasteiger partial charge in [0, 0.05) is 10.9 Å². The third-order valence-electron chi connectivity index (χ3n) is 3.11. The molecule has 3 nitrogen and oxygen atoms in total. The summed E-state index contributed by atoms with van der Waals surface area (Å²) in [6.07, 6.45) is 1.60. The lowest BCUT2D eigenvalue weighted by Gasteiger charge is -2.20. The molecule has 0 saturated carbocycles. The number of benzene rings is 1. The average molecular weight is 270 g/mol. The predicted molar refractivity (Wildman–Crippen MR) is 73.5 cm³/mol. The summed E-state index contributed by atoms with van der Waals surface area (Å²) in [5.74, 6) is -0.0164.